The van der Waals surface area contributed by atoms with Gasteiger partial charge in [-0.2, -0.15) is 0 Å². The molecule has 156 valence electrons. The maximum atomic E-state index is 13.4. The number of piperidine rings is 1. The average Bonchev–Trinajstić information content (AvgIpc) is 2.77. The number of pyridine rings is 2. The Morgan fingerprint density at radius 3 is 2.63 bits per heavy atom. The second-order valence-electron chi connectivity index (χ2n) is 7.25. The van der Waals surface area contributed by atoms with Gasteiger partial charge in [0, 0.05) is 30.5 Å². The average molecular weight is 430 g/mol. The van der Waals surface area contributed by atoms with Crippen LogP contribution in [0, 0.1) is 11.6 Å². The predicted molar refractivity (Wildman–Crippen MR) is 116 cm³/mol. The molecule has 3 heterocycles. The van der Waals surface area contributed by atoms with Crippen LogP contribution < -0.4 is 16.0 Å². The molecule has 30 heavy (non-hydrogen) atoms. The minimum Gasteiger partial charge on any atom is -0.367 e. The van der Waals surface area contributed by atoms with Crippen molar-refractivity contribution in [3.8, 4) is 11.1 Å². The van der Waals surface area contributed by atoms with E-state index in [2.05, 4.69) is 25.9 Å². The van der Waals surface area contributed by atoms with Crippen molar-refractivity contribution in [3.05, 3.63) is 71.0 Å². The van der Waals surface area contributed by atoms with E-state index in [-0.39, 0.29) is 0 Å². The number of aromatic nitrogens is 2. The van der Waals surface area contributed by atoms with Crippen LogP contribution in [0.4, 0.5) is 20.4 Å². The number of hydrogen-bond donors (Lipinski definition) is 3. The number of hydrogen-bond acceptors (Lipinski definition) is 5. The Kier molecular flexibility index (Phi) is 6.40. The topological polar surface area (TPSA) is 61.9 Å². The molecule has 2 aromatic heterocycles. The highest BCUT2D eigenvalue weighted by Crippen LogP contribution is 2.30. The number of benzene rings is 1. The van der Waals surface area contributed by atoms with Crippen molar-refractivity contribution >= 4 is 23.2 Å². The Morgan fingerprint density at radius 2 is 1.83 bits per heavy atom. The molecule has 0 radical (unpaired) electrons. The van der Waals surface area contributed by atoms with Crippen LogP contribution in [0.25, 0.3) is 11.1 Å². The number of nitrogens with one attached hydrogen (secondary N) is 3. The van der Waals surface area contributed by atoms with E-state index in [0.717, 1.165) is 48.9 Å². The SMILES string of the molecule is Fc1ccc(CNc2cc(-c3cc(NC4CCNCC4)ncc3Cl)ccn2)cc1F. The van der Waals surface area contributed by atoms with Crippen molar-refractivity contribution in [3.63, 3.8) is 0 Å². The van der Waals surface area contributed by atoms with E-state index in [1.54, 1.807) is 12.4 Å². The first-order chi connectivity index (χ1) is 14.6. The summed E-state index contributed by atoms with van der Waals surface area (Å²) in [5.74, 6) is -0.333. The van der Waals surface area contributed by atoms with E-state index in [1.165, 1.54) is 12.1 Å². The molecule has 1 aromatic carbocycles. The van der Waals surface area contributed by atoms with Crippen LogP contribution in [-0.2, 0) is 6.54 Å². The van der Waals surface area contributed by atoms with Gasteiger partial charge in [-0.1, -0.05) is 17.7 Å². The highest BCUT2D eigenvalue weighted by atomic mass is 35.5. The molecule has 5 nitrogen and oxygen atoms in total. The van der Waals surface area contributed by atoms with E-state index in [0.29, 0.717) is 29.0 Å². The Bertz CT molecular complexity index is 1020. The molecule has 0 aliphatic carbocycles. The van der Waals surface area contributed by atoms with Crippen LogP contribution >= 0.6 is 11.6 Å². The normalized spacial score (nSPS) is 14.5. The Hall–Kier alpha value is -2.77. The van der Waals surface area contributed by atoms with Crippen molar-refractivity contribution in [1.82, 2.24) is 15.3 Å². The zero-order valence-corrected chi connectivity index (χ0v) is 17.0. The van der Waals surface area contributed by atoms with Crippen molar-refractivity contribution < 1.29 is 8.78 Å². The van der Waals surface area contributed by atoms with Crippen LogP contribution in [0.3, 0.4) is 0 Å². The maximum absolute atomic E-state index is 13.4. The summed E-state index contributed by atoms with van der Waals surface area (Å²) in [5, 5.41) is 10.5. The second kappa shape index (κ2) is 9.36. The standard InChI is InChI=1S/C22H22ClF2N5/c23-18-13-29-22(30-16-4-6-26-7-5-16)11-17(18)15-3-8-27-21(10-15)28-12-14-1-2-19(24)20(25)9-14/h1-3,8-11,13,16,26H,4-7,12H2,(H,27,28)(H,29,30). The predicted octanol–water partition coefficient (Wildman–Crippen LogP) is 4.85. The highest BCUT2D eigenvalue weighted by Gasteiger charge is 2.14. The lowest BCUT2D eigenvalue weighted by atomic mass is 10.1. The molecule has 1 aliphatic heterocycles. The molecule has 0 saturated carbocycles. The molecule has 1 aliphatic rings. The first-order valence-corrected chi connectivity index (χ1v) is 10.2. The lowest BCUT2D eigenvalue weighted by Crippen LogP contribution is -2.35. The second-order valence-corrected chi connectivity index (χ2v) is 7.66. The molecular weight excluding hydrogens is 408 g/mol. The fourth-order valence-corrected chi connectivity index (χ4v) is 3.66. The van der Waals surface area contributed by atoms with Crippen molar-refractivity contribution in [2.75, 3.05) is 23.7 Å². The minimum atomic E-state index is -0.867. The summed E-state index contributed by atoms with van der Waals surface area (Å²) in [4.78, 5) is 8.72. The van der Waals surface area contributed by atoms with Gasteiger partial charge in [-0.15, -0.1) is 0 Å². The van der Waals surface area contributed by atoms with Crippen molar-refractivity contribution in [2.45, 2.75) is 25.4 Å². The number of nitrogens with zero attached hydrogens (tertiary/aromatic N) is 2. The maximum Gasteiger partial charge on any atom is 0.159 e. The number of halogens is 3. The summed E-state index contributed by atoms with van der Waals surface area (Å²) in [6, 6.07) is 9.90. The Balaban J connectivity index is 1.49. The molecule has 0 bridgehead atoms. The van der Waals surface area contributed by atoms with Gasteiger partial charge < -0.3 is 16.0 Å². The van der Waals surface area contributed by atoms with E-state index < -0.39 is 11.6 Å². The van der Waals surface area contributed by atoms with Crippen molar-refractivity contribution in [1.29, 1.82) is 0 Å². The molecule has 1 fully saturated rings. The molecule has 0 unspecified atom stereocenters. The van der Waals surface area contributed by atoms with Gasteiger partial charge in [0.25, 0.3) is 0 Å². The molecule has 0 atom stereocenters. The summed E-state index contributed by atoms with van der Waals surface area (Å²) in [6.45, 7) is 2.31. The summed E-state index contributed by atoms with van der Waals surface area (Å²) >= 11 is 6.41. The van der Waals surface area contributed by atoms with Gasteiger partial charge >= 0.3 is 0 Å². The minimum absolute atomic E-state index is 0.320. The van der Waals surface area contributed by atoms with Crippen LogP contribution in [0.2, 0.25) is 5.02 Å². The van der Waals surface area contributed by atoms with Crippen LogP contribution in [-0.4, -0.2) is 29.1 Å². The zero-order valence-electron chi connectivity index (χ0n) is 16.3. The highest BCUT2D eigenvalue weighted by molar-refractivity contribution is 6.33. The fraction of sp³-hybridized carbons (Fsp3) is 0.273. The van der Waals surface area contributed by atoms with Gasteiger partial charge in [0.15, 0.2) is 11.6 Å². The third-order valence-corrected chi connectivity index (χ3v) is 5.38. The lowest BCUT2D eigenvalue weighted by molar-refractivity contribution is 0.478. The first kappa shape index (κ1) is 20.5. The first-order valence-electron chi connectivity index (χ1n) is 9.85. The van der Waals surface area contributed by atoms with Crippen molar-refractivity contribution in [2.24, 2.45) is 0 Å². The third kappa shape index (κ3) is 5.04. The van der Waals surface area contributed by atoms with Gasteiger partial charge in [0.2, 0.25) is 0 Å². The number of rotatable bonds is 6. The van der Waals surface area contributed by atoms with E-state index in [1.807, 2.05) is 18.2 Å². The zero-order chi connectivity index (χ0) is 20.9. The van der Waals surface area contributed by atoms with Gasteiger partial charge in [0.05, 0.1) is 5.02 Å². The smallest absolute Gasteiger partial charge is 0.159 e. The summed E-state index contributed by atoms with van der Waals surface area (Å²) < 4.78 is 26.5. The summed E-state index contributed by atoms with van der Waals surface area (Å²) in [7, 11) is 0. The quantitative estimate of drug-likeness (QED) is 0.522. The molecule has 3 aromatic rings. The van der Waals surface area contributed by atoms with Gasteiger partial charge in [0.1, 0.15) is 11.6 Å². The summed E-state index contributed by atoms with van der Waals surface area (Å²) in [6.07, 6.45) is 5.43. The summed E-state index contributed by atoms with van der Waals surface area (Å²) in [5.41, 5.74) is 2.36. The Labute approximate surface area is 178 Å². The van der Waals surface area contributed by atoms with Gasteiger partial charge in [-0.3, -0.25) is 0 Å². The fourth-order valence-electron chi connectivity index (χ4n) is 3.45. The van der Waals surface area contributed by atoms with Crippen LogP contribution in [0.15, 0.2) is 48.8 Å². The van der Waals surface area contributed by atoms with Gasteiger partial charge in [-0.05, 0) is 67.4 Å². The molecule has 0 spiro atoms. The molecule has 0 amide bonds. The molecule has 1 saturated heterocycles. The molecular formula is C22H22ClF2N5. The molecule has 4 rings (SSSR count). The van der Waals surface area contributed by atoms with Crippen LogP contribution in [0.1, 0.15) is 18.4 Å². The molecule has 3 N–H and O–H groups in total. The van der Waals surface area contributed by atoms with Crippen LogP contribution in [0.5, 0.6) is 0 Å². The van der Waals surface area contributed by atoms with Gasteiger partial charge in [-0.25, -0.2) is 18.7 Å². The number of anilines is 2. The van der Waals surface area contributed by atoms with E-state index >= 15 is 0 Å². The van der Waals surface area contributed by atoms with E-state index in [9.17, 15) is 8.78 Å². The lowest BCUT2D eigenvalue weighted by Gasteiger charge is -2.24. The van der Waals surface area contributed by atoms with E-state index in [4.69, 9.17) is 11.6 Å². The third-order valence-electron chi connectivity index (χ3n) is 5.08. The molecule has 8 heteroatoms. The largest absolute Gasteiger partial charge is 0.367 e. The Morgan fingerprint density at radius 1 is 1.00 bits per heavy atom. The monoisotopic (exact) mass is 429 g/mol.